The molecule has 7 heteroatoms. The summed E-state index contributed by atoms with van der Waals surface area (Å²) in [6.45, 7) is 2.00. The van der Waals surface area contributed by atoms with E-state index in [1.165, 1.54) is 0 Å². The lowest BCUT2D eigenvalue weighted by Crippen LogP contribution is -2.42. The Morgan fingerprint density at radius 1 is 1.15 bits per heavy atom. The number of ketones is 1. The van der Waals surface area contributed by atoms with E-state index in [-0.39, 0.29) is 11.5 Å². The highest BCUT2D eigenvalue weighted by molar-refractivity contribution is 9.10. The Hall–Kier alpha value is -2.64. The van der Waals surface area contributed by atoms with Crippen LogP contribution >= 0.6 is 15.9 Å². The van der Waals surface area contributed by atoms with Crippen LogP contribution < -0.4 is 9.47 Å². The van der Waals surface area contributed by atoms with Gasteiger partial charge in [0.25, 0.3) is 0 Å². The molecule has 1 amide bonds. The molecule has 0 unspecified atom stereocenters. The van der Waals surface area contributed by atoms with Crippen LogP contribution in [0, 0.1) is 0 Å². The van der Waals surface area contributed by atoms with Crippen LogP contribution in [0.5, 0.6) is 11.5 Å². The number of hydrogen-bond donors (Lipinski definition) is 0. The SMILES string of the molecule is O=C1C(=Cc2ccccc2Br)Oc2cc(OC(=O)N3CCOCC3)ccc21. The molecule has 0 saturated carbocycles. The summed E-state index contributed by atoms with van der Waals surface area (Å²) in [6.07, 6.45) is 1.25. The van der Waals surface area contributed by atoms with Crippen LogP contribution in [0.3, 0.4) is 0 Å². The van der Waals surface area contributed by atoms with Crippen molar-refractivity contribution < 1.29 is 23.8 Å². The van der Waals surface area contributed by atoms with E-state index in [1.807, 2.05) is 24.3 Å². The molecular weight excluding hydrogens is 414 g/mol. The number of hydrogen-bond acceptors (Lipinski definition) is 5. The number of amides is 1. The van der Waals surface area contributed by atoms with Crippen molar-refractivity contribution in [2.75, 3.05) is 26.3 Å². The average Bonchev–Trinajstić information content (AvgIpc) is 2.99. The van der Waals surface area contributed by atoms with Gasteiger partial charge in [-0.05, 0) is 29.8 Å². The predicted molar refractivity (Wildman–Crippen MR) is 102 cm³/mol. The first-order valence-electron chi connectivity index (χ1n) is 8.49. The summed E-state index contributed by atoms with van der Waals surface area (Å²) in [5.74, 6) is 0.742. The van der Waals surface area contributed by atoms with Crippen LogP contribution in [0.25, 0.3) is 6.08 Å². The van der Waals surface area contributed by atoms with Crippen LogP contribution in [0.15, 0.2) is 52.7 Å². The van der Waals surface area contributed by atoms with Crippen LogP contribution in [-0.2, 0) is 4.74 Å². The lowest BCUT2D eigenvalue weighted by atomic mass is 10.1. The molecule has 27 heavy (non-hydrogen) atoms. The van der Waals surface area contributed by atoms with Gasteiger partial charge in [-0.2, -0.15) is 0 Å². The molecule has 0 atom stereocenters. The number of halogens is 1. The minimum atomic E-state index is -0.438. The summed E-state index contributed by atoms with van der Waals surface area (Å²) in [4.78, 5) is 26.3. The van der Waals surface area contributed by atoms with Crippen molar-refractivity contribution in [3.8, 4) is 11.5 Å². The highest BCUT2D eigenvalue weighted by Gasteiger charge is 2.28. The third kappa shape index (κ3) is 3.74. The normalized spacial score (nSPS) is 17.6. The fraction of sp³-hybridized carbons (Fsp3) is 0.200. The maximum Gasteiger partial charge on any atom is 0.415 e. The van der Waals surface area contributed by atoms with Crippen LogP contribution in [0.4, 0.5) is 4.79 Å². The first-order valence-corrected chi connectivity index (χ1v) is 9.28. The fourth-order valence-electron chi connectivity index (χ4n) is 2.88. The number of rotatable bonds is 2. The monoisotopic (exact) mass is 429 g/mol. The molecule has 2 aliphatic rings. The molecule has 138 valence electrons. The van der Waals surface area contributed by atoms with Gasteiger partial charge in [0.1, 0.15) is 11.5 Å². The lowest BCUT2D eigenvalue weighted by Gasteiger charge is -2.25. The number of Topliss-reactive ketones (excluding diaryl/α,β-unsaturated/α-hetero) is 1. The molecular formula is C20H16BrNO5. The van der Waals surface area contributed by atoms with Gasteiger partial charge in [0.2, 0.25) is 5.78 Å². The van der Waals surface area contributed by atoms with Gasteiger partial charge < -0.3 is 19.1 Å². The van der Waals surface area contributed by atoms with E-state index < -0.39 is 6.09 Å². The zero-order chi connectivity index (χ0) is 18.8. The second-order valence-electron chi connectivity index (χ2n) is 6.09. The number of morpholine rings is 1. The number of benzene rings is 2. The topological polar surface area (TPSA) is 65.1 Å². The van der Waals surface area contributed by atoms with E-state index in [1.54, 1.807) is 29.2 Å². The van der Waals surface area contributed by atoms with Gasteiger partial charge in [-0.25, -0.2) is 4.79 Å². The minimum absolute atomic E-state index is 0.202. The van der Waals surface area contributed by atoms with Gasteiger partial charge in [0.15, 0.2) is 5.76 Å². The van der Waals surface area contributed by atoms with E-state index in [0.717, 1.165) is 10.0 Å². The number of allylic oxidation sites excluding steroid dienone is 1. The molecule has 2 heterocycles. The summed E-state index contributed by atoms with van der Waals surface area (Å²) >= 11 is 3.45. The molecule has 0 spiro atoms. The first-order chi connectivity index (χ1) is 13.1. The van der Waals surface area contributed by atoms with Crippen molar-refractivity contribution in [3.63, 3.8) is 0 Å². The Bertz CT molecular complexity index is 934. The molecule has 6 nitrogen and oxygen atoms in total. The molecule has 1 fully saturated rings. The summed E-state index contributed by atoms with van der Waals surface area (Å²) in [6, 6.07) is 12.3. The third-order valence-corrected chi connectivity index (χ3v) is 5.03. The van der Waals surface area contributed by atoms with Crippen molar-refractivity contribution in [1.82, 2.24) is 4.90 Å². The fourth-order valence-corrected chi connectivity index (χ4v) is 3.27. The summed E-state index contributed by atoms with van der Waals surface area (Å²) in [7, 11) is 0. The standard InChI is InChI=1S/C20H16BrNO5/c21-16-4-2-1-3-13(16)11-18-19(23)15-6-5-14(12-17(15)27-18)26-20(24)22-7-9-25-10-8-22/h1-6,11-12H,7-10H2. The van der Waals surface area contributed by atoms with Gasteiger partial charge in [-0.1, -0.05) is 34.1 Å². The molecule has 0 aromatic heterocycles. The second kappa shape index (κ2) is 7.54. The van der Waals surface area contributed by atoms with E-state index in [9.17, 15) is 9.59 Å². The van der Waals surface area contributed by atoms with Crippen molar-refractivity contribution >= 4 is 33.9 Å². The van der Waals surface area contributed by atoms with Crippen molar-refractivity contribution in [3.05, 3.63) is 63.8 Å². The Morgan fingerprint density at radius 2 is 1.93 bits per heavy atom. The molecule has 2 aliphatic heterocycles. The quantitative estimate of drug-likeness (QED) is 0.677. The van der Waals surface area contributed by atoms with Crippen LogP contribution in [0.2, 0.25) is 0 Å². The first kappa shape index (κ1) is 17.8. The van der Waals surface area contributed by atoms with Crippen molar-refractivity contribution in [1.29, 1.82) is 0 Å². The summed E-state index contributed by atoms with van der Waals surface area (Å²) in [5.41, 5.74) is 1.28. The lowest BCUT2D eigenvalue weighted by molar-refractivity contribution is 0.0416. The third-order valence-electron chi connectivity index (χ3n) is 4.31. The maximum absolute atomic E-state index is 12.6. The molecule has 2 aromatic rings. The van der Waals surface area contributed by atoms with Gasteiger partial charge in [-0.3, -0.25) is 4.79 Å². The highest BCUT2D eigenvalue weighted by Crippen LogP contribution is 2.35. The average molecular weight is 430 g/mol. The Balaban J connectivity index is 1.52. The Morgan fingerprint density at radius 3 is 2.70 bits per heavy atom. The van der Waals surface area contributed by atoms with Gasteiger partial charge in [0.05, 0.1) is 18.8 Å². The largest absolute Gasteiger partial charge is 0.452 e. The predicted octanol–water partition coefficient (Wildman–Crippen LogP) is 3.90. The van der Waals surface area contributed by atoms with E-state index in [0.29, 0.717) is 43.4 Å². The number of ether oxygens (including phenoxy) is 3. The molecule has 4 rings (SSSR count). The molecule has 2 aromatic carbocycles. The van der Waals surface area contributed by atoms with Crippen LogP contribution in [-0.4, -0.2) is 43.1 Å². The van der Waals surface area contributed by atoms with Gasteiger partial charge in [0, 0.05) is 23.6 Å². The molecule has 1 saturated heterocycles. The van der Waals surface area contributed by atoms with Crippen molar-refractivity contribution in [2.24, 2.45) is 0 Å². The van der Waals surface area contributed by atoms with Gasteiger partial charge >= 0.3 is 6.09 Å². The Kier molecular flexibility index (Phi) is 4.96. The minimum Gasteiger partial charge on any atom is -0.452 e. The Labute approximate surface area is 164 Å². The second-order valence-corrected chi connectivity index (χ2v) is 6.94. The molecule has 0 aliphatic carbocycles. The van der Waals surface area contributed by atoms with Crippen molar-refractivity contribution in [2.45, 2.75) is 0 Å². The maximum atomic E-state index is 12.6. The van der Waals surface area contributed by atoms with E-state index in [4.69, 9.17) is 14.2 Å². The molecule has 0 N–H and O–H groups in total. The zero-order valence-corrected chi connectivity index (χ0v) is 15.9. The van der Waals surface area contributed by atoms with E-state index >= 15 is 0 Å². The summed E-state index contributed by atoms with van der Waals surface area (Å²) in [5, 5.41) is 0. The smallest absolute Gasteiger partial charge is 0.415 e. The molecule has 0 bridgehead atoms. The van der Waals surface area contributed by atoms with E-state index in [2.05, 4.69) is 15.9 Å². The number of carbonyl (C=O) groups excluding carboxylic acids is 2. The molecule has 0 radical (unpaired) electrons. The highest BCUT2D eigenvalue weighted by atomic mass is 79.9. The number of carbonyl (C=O) groups is 2. The summed E-state index contributed by atoms with van der Waals surface area (Å²) < 4.78 is 17.2. The number of nitrogens with zero attached hydrogens (tertiary/aromatic N) is 1. The van der Waals surface area contributed by atoms with Crippen LogP contribution in [0.1, 0.15) is 15.9 Å². The van der Waals surface area contributed by atoms with Gasteiger partial charge in [-0.15, -0.1) is 0 Å². The zero-order valence-electron chi connectivity index (χ0n) is 14.3. The number of fused-ring (bicyclic) bond motifs is 1.